The van der Waals surface area contributed by atoms with Crippen LogP contribution in [0.15, 0.2) is 42.5 Å². The third-order valence-corrected chi connectivity index (χ3v) is 8.16. The quantitative estimate of drug-likeness (QED) is 0.234. The molecule has 2 fully saturated rings. The van der Waals surface area contributed by atoms with Crippen molar-refractivity contribution in [3.63, 3.8) is 0 Å². The van der Waals surface area contributed by atoms with Crippen LogP contribution in [-0.4, -0.2) is 108 Å². The molecule has 2 aliphatic heterocycles. The molecule has 3 aliphatic rings. The number of H-pyrrole nitrogens is 1. The Bertz CT molecular complexity index is 1510. The van der Waals surface area contributed by atoms with E-state index in [0.717, 1.165) is 30.9 Å². The van der Waals surface area contributed by atoms with E-state index in [-0.39, 0.29) is 24.4 Å². The SMILES string of the molecule is CC(C)OC(=O)CN1CCN(NC(=O)Nc2cccc3c2C(=O)c2c(-c4ccc(OCCN5CCCC5)cc4)n[nH]c2-3)CC1. The lowest BCUT2D eigenvalue weighted by molar-refractivity contribution is -0.149. The molecule has 44 heavy (non-hydrogen) atoms. The van der Waals surface area contributed by atoms with Gasteiger partial charge < -0.3 is 14.8 Å². The predicted molar refractivity (Wildman–Crippen MR) is 165 cm³/mol. The fourth-order valence-electron chi connectivity index (χ4n) is 6.00. The predicted octanol–water partition coefficient (Wildman–Crippen LogP) is 3.37. The zero-order valence-electron chi connectivity index (χ0n) is 25.2. The number of nitrogens with zero attached hydrogens (tertiary/aromatic N) is 4. The maximum Gasteiger partial charge on any atom is 0.333 e. The first-order valence-electron chi connectivity index (χ1n) is 15.3. The summed E-state index contributed by atoms with van der Waals surface area (Å²) in [6, 6.07) is 12.6. The maximum atomic E-state index is 13.7. The maximum absolute atomic E-state index is 13.7. The minimum absolute atomic E-state index is 0.146. The van der Waals surface area contributed by atoms with E-state index in [1.54, 1.807) is 17.1 Å². The van der Waals surface area contributed by atoms with E-state index in [0.29, 0.717) is 66.6 Å². The number of hydrogen-bond acceptors (Lipinski definition) is 9. The van der Waals surface area contributed by atoms with Crippen molar-refractivity contribution >= 4 is 23.5 Å². The monoisotopic (exact) mass is 601 g/mol. The van der Waals surface area contributed by atoms with Crippen LogP contribution in [0, 0.1) is 0 Å². The van der Waals surface area contributed by atoms with Gasteiger partial charge in [0.15, 0.2) is 5.78 Å². The highest BCUT2D eigenvalue weighted by Gasteiger charge is 2.35. The lowest BCUT2D eigenvalue weighted by Gasteiger charge is -2.34. The van der Waals surface area contributed by atoms with E-state index >= 15 is 0 Å². The number of aromatic amines is 1. The Hall–Kier alpha value is -4.26. The molecule has 2 amide bonds. The minimum atomic E-state index is -0.437. The average molecular weight is 602 g/mol. The first kappa shape index (κ1) is 29.8. The van der Waals surface area contributed by atoms with Gasteiger partial charge in [0.25, 0.3) is 0 Å². The fourth-order valence-corrected chi connectivity index (χ4v) is 6.00. The van der Waals surface area contributed by atoms with E-state index in [4.69, 9.17) is 9.47 Å². The number of nitrogens with one attached hydrogen (secondary N) is 3. The van der Waals surface area contributed by atoms with Crippen molar-refractivity contribution in [1.82, 2.24) is 30.4 Å². The molecule has 2 saturated heterocycles. The molecular weight excluding hydrogens is 562 g/mol. The Morgan fingerprint density at radius 2 is 1.70 bits per heavy atom. The Labute approximate surface area is 256 Å². The topological polar surface area (TPSA) is 132 Å². The number of hydrogen-bond donors (Lipinski definition) is 3. The number of ketones is 1. The first-order valence-corrected chi connectivity index (χ1v) is 15.3. The largest absolute Gasteiger partial charge is 0.492 e. The van der Waals surface area contributed by atoms with Crippen LogP contribution < -0.4 is 15.5 Å². The van der Waals surface area contributed by atoms with Crippen molar-refractivity contribution < 1.29 is 23.9 Å². The molecule has 3 aromatic rings. The van der Waals surface area contributed by atoms with Crippen molar-refractivity contribution in [3.8, 4) is 28.3 Å². The summed E-state index contributed by atoms with van der Waals surface area (Å²) in [5.41, 5.74) is 6.92. The van der Waals surface area contributed by atoms with E-state index in [9.17, 15) is 14.4 Å². The molecule has 0 saturated carbocycles. The summed E-state index contributed by atoms with van der Waals surface area (Å²) in [5, 5.41) is 12.2. The Kier molecular flexibility index (Phi) is 8.91. The Morgan fingerprint density at radius 3 is 2.43 bits per heavy atom. The second kappa shape index (κ2) is 13.2. The van der Waals surface area contributed by atoms with Crippen LogP contribution in [0.4, 0.5) is 10.5 Å². The zero-order valence-corrected chi connectivity index (χ0v) is 25.2. The number of rotatable bonds is 10. The number of piperazine rings is 1. The van der Waals surface area contributed by atoms with Crippen LogP contribution >= 0.6 is 0 Å². The summed E-state index contributed by atoms with van der Waals surface area (Å²) in [6.45, 7) is 10.0. The highest BCUT2D eigenvalue weighted by molar-refractivity contribution is 6.26. The Balaban J connectivity index is 1.06. The molecule has 3 N–H and O–H groups in total. The van der Waals surface area contributed by atoms with E-state index < -0.39 is 6.03 Å². The highest BCUT2D eigenvalue weighted by atomic mass is 16.5. The molecule has 1 aliphatic carbocycles. The van der Waals surface area contributed by atoms with E-state index in [1.807, 2.05) is 49.1 Å². The summed E-state index contributed by atoms with van der Waals surface area (Å²) in [7, 11) is 0. The smallest absolute Gasteiger partial charge is 0.333 e. The van der Waals surface area contributed by atoms with E-state index in [1.165, 1.54) is 12.8 Å². The second-order valence-corrected chi connectivity index (χ2v) is 11.7. The molecule has 1 aromatic heterocycles. The number of amides is 2. The van der Waals surface area contributed by atoms with Gasteiger partial charge in [-0.1, -0.05) is 12.1 Å². The molecule has 12 nitrogen and oxygen atoms in total. The number of esters is 1. The van der Waals surface area contributed by atoms with Crippen molar-refractivity contribution in [2.24, 2.45) is 0 Å². The van der Waals surface area contributed by atoms with Crippen LogP contribution in [0.3, 0.4) is 0 Å². The van der Waals surface area contributed by atoms with Crippen molar-refractivity contribution in [2.45, 2.75) is 32.8 Å². The summed E-state index contributed by atoms with van der Waals surface area (Å²) in [5.74, 6) is 0.337. The van der Waals surface area contributed by atoms with E-state index in [2.05, 4.69) is 25.8 Å². The van der Waals surface area contributed by atoms with Crippen molar-refractivity contribution in [1.29, 1.82) is 0 Å². The summed E-state index contributed by atoms with van der Waals surface area (Å²) >= 11 is 0. The number of carbonyl (C=O) groups is 3. The number of hydrazine groups is 1. The number of likely N-dealkylation sites (tertiary alicyclic amines) is 1. The fraction of sp³-hybridized carbons (Fsp3) is 0.438. The van der Waals surface area contributed by atoms with Crippen LogP contribution in [0.1, 0.15) is 42.6 Å². The van der Waals surface area contributed by atoms with Gasteiger partial charge in [0.05, 0.1) is 35.2 Å². The lowest BCUT2D eigenvalue weighted by atomic mass is 10.0. The number of ether oxygens (including phenoxy) is 2. The highest BCUT2D eigenvalue weighted by Crippen LogP contribution is 2.43. The zero-order chi connectivity index (χ0) is 30.6. The van der Waals surface area contributed by atoms with Gasteiger partial charge >= 0.3 is 12.0 Å². The molecule has 0 bridgehead atoms. The third-order valence-electron chi connectivity index (χ3n) is 8.16. The summed E-state index contributed by atoms with van der Waals surface area (Å²) in [6.07, 6.45) is 2.37. The van der Waals surface area contributed by atoms with Gasteiger partial charge in [-0.25, -0.2) is 9.80 Å². The number of anilines is 1. The van der Waals surface area contributed by atoms with Gasteiger partial charge in [0, 0.05) is 43.9 Å². The normalized spacial score (nSPS) is 17.0. The second-order valence-electron chi connectivity index (χ2n) is 11.7. The molecule has 0 spiro atoms. The minimum Gasteiger partial charge on any atom is -0.492 e. The molecule has 3 heterocycles. The van der Waals surface area contributed by atoms with Crippen molar-refractivity contribution in [3.05, 3.63) is 53.6 Å². The average Bonchev–Trinajstić information content (AvgIpc) is 3.73. The van der Waals surface area contributed by atoms with Gasteiger partial charge in [0.1, 0.15) is 18.1 Å². The standard InChI is InChI=1S/C32H39N7O5/c1-21(2)44-26(40)20-38-14-16-39(17-15-38)36-32(42)33-25-7-5-6-24-27(25)31(41)28-29(34-35-30(24)28)22-8-10-23(11-9-22)43-19-18-37-12-3-4-13-37/h5-11,21H,3-4,12-20H2,1-2H3,(H,34,35)(H2,33,36,42). The molecular formula is C32H39N7O5. The van der Waals surface area contributed by atoms with Crippen molar-refractivity contribution in [2.75, 3.05) is 64.3 Å². The molecule has 0 atom stereocenters. The van der Waals surface area contributed by atoms with Crippen LogP contribution in [0.25, 0.3) is 22.5 Å². The first-order chi connectivity index (χ1) is 21.4. The van der Waals surface area contributed by atoms with Gasteiger partial charge in [-0.15, -0.1) is 0 Å². The van der Waals surface area contributed by atoms with Crippen LogP contribution in [0.2, 0.25) is 0 Å². The lowest BCUT2D eigenvalue weighted by Crippen LogP contribution is -2.55. The summed E-state index contributed by atoms with van der Waals surface area (Å²) < 4.78 is 11.2. The van der Waals surface area contributed by atoms with Gasteiger partial charge in [-0.2, -0.15) is 5.10 Å². The molecule has 6 rings (SSSR count). The number of aromatic nitrogens is 2. The van der Waals surface area contributed by atoms with Gasteiger partial charge in [-0.05, 0) is 70.1 Å². The number of benzene rings is 2. The number of fused-ring (bicyclic) bond motifs is 3. The Morgan fingerprint density at radius 1 is 0.955 bits per heavy atom. The number of carbonyl (C=O) groups excluding carboxylic acids is 3. The number of urea groups is 1. The molecule has 0 unspecified atom stereocenters. The molecule has 12 heteroatoms. The summed E-state index contributed by atoms with van der Waals surface area (Å²) in [4.78, 5) is 43.1. The molecule has 232 valence electrons. The molecule has 2 aromatic carbocycles. The van der Waals surface area contributed by atoms with Crippen LogP contribution in [0.5, 0.6) is 5.75 Å². The van der Waals surface area contributed by atoms with Gasteiger partial charge in [-0.3, -0.25) is 29.9 Å². The third kappa shape index (κ3) is 6.62. The molecule has 0 radical (unpaired) electrons. The van der Waals surface area contributed by atoms with Crippen LogP contribution in [-0.2, 0) is 9.53 Å². The van der Waals surface area contributed by atoms with Gasteiger partial charge in [0.2, 0.25) is 0 Å².